The molecule has 0 saturated heterocycles. The lowest BCUT2D eigenvalue weighted by Crippen LogP contribution is -2.35. The largest absolute Gasteiger partial charge is 0.465 e. The quantitative estimate of drug-likeness (QED) is 0.774. The summed E-state index contributed by atoms with van der Waals surface area (Å²) in [6, 6.07) is 0.409. The van der Waals surface area contributed by atoms with Crippen LogP contribution in [-0.4, -0.2) is 32.2 Å². The van der Waals surface area contributed by atoms with E-state index in [1.807, 2.05) is 6.33 Å². The van der Waals surface area contributed by atoms with Crippen LogP contribution in [0.5, 0.6) is 0 Å². The first-order valence-electron chi connectivity index (χ1n) is 6.45. The van der Waals surface area contributed by atoms with E-state index >= 15 is 0 Å². The predicted octanol–water partition coefficient (Wildman–Crippen LogP) is 2.20. The van der Waals surface area contributed by atoms with Gasteiger partial charge < -0.3 is 14.6 Å². The first kappa shape index (κ1) is 11.3. The van der Waals surface area contributed by atoms with Gasteiger partial charge in [0.15, 0.2) is 0 Å². The summed E-state index contributed by atoms with van der Waals surface area (Å²) < 4.78 is 2.23. The highest BCUT2D eigenvalue weighted by Crippen LogP contribution is 2.27. The van der Waals surface area contributed by atoms with Gasteiger partial charge in [0.05, 0.1) is 24.6 Å². The zero-order chi connectivity index (χ0) is 12.5. The van der Waals surface area contributed by atoms with Gasteiger partial charge in [0, 0.05) is 18.7 Å². The van der Waals surface area contributed by atoms with E-state index in [2.05, 4.69) is 21.7 Å². The number of hydrogen-bond acceptors (Lipinski definition) is 2. The Morgan fingerprint density at radius 3 is 3.11 bits per heavy atom. The van der Waals surface area contributed by atoms with E-state index in [0.717, 1.165) is 18.5 Å². The summed E-state index contributed by atoms with van der Waals surface area (Å²) in [6.07, 6.45) is 9.80. The molecule has 2 heterocycles. The zero-order valence-electron chi connectivity index (χ0n) is 10.2. The summed E-state index contributed by atoms with van der Waals surface area (Å²) in [6.45, 7) is 0.999. The molecule has 1 atom stereocenters. The molecule has 1 amide bonds. The molecule has 0 fully saturated rings. The van der Waals surface area contributed by atoms with Gasteiger partial charge >= 0.3 is 6.09 Å². The number of hydrogen-bond donors (Lipinski definition) is 1. The third kappa shape index (κ3) is 1.89. The van der Waals surface area contributed by atoms with Crippen LogP contribution in [0.2, 0.25) is 0 Å². The Bertz CT molecular complexity index is 492. The molecule has 2 aliphatic rings. The summed E-state index contributed by atoms with van der Waals surface area (Å²) in [4.78, 5) is 16.8. The fraction of sp³-hybridized carbons (Fsp3) is 0.538. The molecule has 96 valence electrons. The van der Waals surface area contributed by atoms with Crippen molar-refractivity contribution in [3.8, 4) is 0 Å². The van der Waals surface area contributed by atoms with Crippen LogP contribution in [0.25, 0.3) is 0 Å². The second-order valence-corrected chi connectivity index (χ2v) is 4.93. The normalized spacial score (nSPS) is 22.9. The Morgan fingerprint density at radius 1 is 1.50 bits per heavy atom. The summed E-state index contributed by atoms with van der Waals surface area (Å²) >= 11 is 0. The van der Waals surface area contributed by atoms with Crippen molar-refractivity contribution in [3.05, 3.63) is 29.9 Å². The SMILES string of the molecule is O=C(O)N1CCc2c(ncn2C2C=CCCC2)C1. The first-order chi connectivity index (χ1) is 8.75. The van der Waals surface area contributed by atoms with Gasteiger partial charge in [-0.15, -0.1) is 0 Å². The summed E-state index contributed by atoms with van der Waals surface area (Å²) in [5, 5.41) is 9.00. The van der Waals surface area contributed by atoms with Crippen molar-refractivity contribution >= 4 is 6.09 Å². The van der Waals surface area contributed by atoms with Crippen LogP contribution in [0, 0.1) is 0 Å². The minimum Gasteiger partial charge on any atom is -0.465 e. The van der Waals surface area contributed by atoms with E-state index in [4.69, 9.17) is 5.11 Å². The lowest BCUT2D eigenvalue weighted by Gasteiger charge is -2.26. The number of amides is 1. The van der Waals surface area contributed by atoms with Crippen molar-refractivity contribution in [3.63, 3.8) is 0 Å². The molecule has 1 unspecified atom stereocenters. The molecule has 0 radical (unpaired) electrons. The van der Waals surface area contributed by atoms with Crippen LogP contribution in [0.1, 0.15) is 36.7 Å². The molecule has 1 aliphatic heterocycles. The van der Waals surface area contributed by atoms with Gasteiger partial charge in [-0.1, -0.05) is 12.2 Å². The highest BCUT2D eigenvalue weighted by molar-refractivity contribution is 5.65. The zero-order valence-corrected chi connectivity index (χ0v) is 10.2. The molecule has 0 spiro atoms. The van der Waals surface area contributed by atoms with Crippen LogP contribution >= 0.6 is 0 Å². The summed E-state index contributed by atoms with van der Waals surface area (Å²) in [5.74, 6) is 0. The number of aromatic nitrogens is 2. The molecule has 0 aromatic carbocycles. The number of allylic oxidation sites excluding steroid dienone is 2. The van der Waals surface area contributed by atoms with E-state index in [-0.39, 0.29) is 0 Å². The third-order valence-electron chi connectivity index (χ3n) is 3.80. The maximum Gasteiger partial charge on any atom is 0.407 e. The van der Waals surface area contributed by atoms with E-state index in [9.17, 15) is 4.79 Å². The van der Waals surface area contributed by atoms with Crippen molar-refractivity contribution in [1.29, 1.82) is 0 Å². The van der Waals surface area contributed by atoms with E-state index in [1.54, 1.807) is 0 Å². The van der Waals surface area contributed by atoms with Gasteiger partial charge in [-0.25, -0.2) is 9.78 Å². The maximum atomic E-state index is 11.0. The number of carbonyl (C=O) groups is 1. The van der Waals surface area contributed by atoms with Gasteiger partial charge in [0.2, 0.25) is 0 Å². The van der Waals surface area contributed by atoms with Crippen LogP contribution in [0.15, 0.2) is 18.5 Å². The average molecular weight is 247 g/mol. The second kappa shape index (κ2) is 4.48. The third-order valence-corrected chi connectivity index (χ3v) is 3.80. The highest BCUT2D eigenvalue weighted by Gasteiger charge is 2.25. The molecular weight excluding hydrogens is 230 g/mol. The summed E-state index contributed by atoms with van der Waals surface area (Å²) in [5.41, 5.74) is 2.13. The van der Waals surface area contributed by atoms with Crippen molar-refractivity contribution in [2.75, 3.05) is 6.54 Å². The Morgan fingerprint density at radius 2 is 2.39 bits per heavy atom. The van der Waals surface area contributed by atoms with Gasteiger partial charge in [0.25, 0.3) is 0 Å². The lowest BCUT2D eigenvalue weighted by atomic mass is 10.0. The maximum absolute atomic E-state index is 11.0. The second-order valence-electron chi connectivity index (χ2n) is 4.93. The minimum atomic E-state index is -0.854. The smallest absolute Gasteiger partial charge is 0.407 e. The number of nitrogens with zero attached hydrogens (tertiary/aromatic N) is 3. The van der Waals surface area contributed by atoms with Gasteiger partial charge in [0.1, 0.15) is 0 Å². The van der Waals surface area contributed by atoms with Crippen LogP contribution in [0.4, 0.5) is 4.79 Å². The van der Waals surface area contributed by atoms with E-state index in [1.165, 1.54) is 23.4 Å². The Balaban J connectivity index is 1.85. The molecular formula is C13H17N3O2. The molecule has 5 nitrogen and oxygen atoms in total. The van der Waals surface area contributed by atoms with Gasteiger partial charge in [-0.3, -0.25) is 0 Å². The molecule has 1 aromatic rings. The predicted molar refractivity (Wildman–Crippen MR) is 66.4 cm³/mol. The van der Waals surface area contributed by atoms with E-state index < -0.39 is 6.09 Å². The number of carboxylic acid groups (broad SMARTS) is 1. The van der Waals surface area contributed by atoms with Gasteiger partial charge in [-0.2, -0.15) is 0 Å². The molecule has 0 bridgehead atoms. The summed E-state index contributed by atoms with van der Waals surface area (Å²) in [7, 11) is 0. The molecule has 1 aliphatic carbocycles. The van der Waals surface area contributed by atoms with Crippen LogP contribution in [-0.2, 0) is 13.0 Å². The molecule has 0 saturated carbocycles. The van der Waals surface area contributed by atoms with Crippen molar-refractivity contribution < 1.29 is 9.90 Å². The first-order valence-corrected chi connectivity index (χ1v) is 6.45. The molecule has 18 heavy (non-hydrogen) atoms. The Kier molecular flexibility index (Phi) is 2.81. The Labute approximate surface area is 106 Å². The average Bonchev–Trinajstić information content (AvgIpc) is 2.82. The lowest BCUT2D eigenvalue weighted by molar-refractivity contribution is 0.138. The molecule has 3 rings (SSSR count). The fourth-order valence-electron chi connectivity index (χ4n) is 2.81. The van der Waals surface area contributed by atoms with Crippen LogP contribution < -0.4 is 0 Å². The highest BCUT2D eigenvalue weighted by atomic mass is 16.4. The molecule has 1 aromatic heterocycles. The monoisotopic (exact) mass is 247 g/mol. The van der Waals surface area contributed by atoms with E-state index in [0.29, 0.717) is 19.1 Å². The van der Waals surface area contributed by atoms with Gasteiger partial charge in [-0.05, 0) is 19.3 Å². The topological polar surface area (TPSA) is 58.4 Å². The minimum absolute atomic E-state index is 0.409. The van der Waals surface area contributed by atoms with Crippen molar-refractivity contribution in [1.82, 2.24) is 14.5 Å². The number of fused-ring (bicyclic) bond motifs is 1. The Hall–Kier alpha value is -1.78. The van der Waals surface area contributed by atoms with Crippen molar-refractivity contribution in [2.24, 2.45) is 0 Å². The number of imidazole rings is 1. The molecule has 1 N–H and O–H groups in total. The standard InChI is InChI=1S/C13H17N3O2/c17-13(18)15-7-6-12-11(8-15)14-9-16(12)10-4-2-1-3-5-10/h2,4,9-10H,1,3,5-8H2,(H,17,18). The van der Waals surface area contributed by atoms with Crippen molar-refractivity contribution in [2.45, 2.75) is 38.3 Å². The fourth-order valence-corrected chi connectivity index (χ4v) is 2.81. The number of rotatable bonds is 1. The van der Waals surface area contributed by atoms with Crippen LogP contribution in [0.3, 0.4) is 0 Å². The molecule has 5 heteroatoms.